The highest BCUT2D eigenvalue weighted by molar-refractivity contribution is 7.99. The lowest BCUT2D eigenvalue weighted by Gasteiger charge is -2.22. The monoisotopic (exact) mass is 336 g/mol. The predicted molar refractivity (Wildman–Crippen MR) is 86.5 cm³/mol. The number of anilines is 1. The Morgan fingerprint density at radius 2 is 2.04 bits per heavy atom. The third-order valence-corrected chi connectivity index (χ3v) is 4.17. The molecule has 0 saturated heterocycles. The van der Waals surface area contributed by atoms with Crippen LogP contribution in [-0.2, 0) is 16.6 Å². The zero-order valence-corrected chi connectivity index (χ0v) is 13.4. The van der Waals surface area contributed by atoms with E-state index in [4.69, 9.17) is 5.73 Å². The van der Waals surface area contributed by atoms with Crippen LogP contribution < -0.4 is 10.6 Å². The van der Waals surface area contributed by atoms with Gasteiger partial charge in [-0.25, -0.2) is 9.37 Å². The number of nitrogens with two attached hydrogens (primary N) is 1. The molecule has 122 valence electrons. The van der Waals surface area contributed by atoms with E-state index in [2.05, 4.69) is 4.98 Å². The van der Waals surface area contributed by atoms with E-state index in [1.54, 1.807) is 12.4 Å². The van der Waals surface area contributed by atoms with E-state index in [0.29, 0.717) is 10.8 Å². The van der Waals surface area contributed by atoms with Gasteiger partial charge in [-0.1, -0.05) is 11.8 Å². The second-order valence-electron chi connectivity index (χ2n) is 4.85. The number of aromatic nitrogens is 2. The summed E-state index contributed by atoms with van der Waals surface area (Å²) in [5.74, 6) is -0.938. The number of nitrogens with zero attached hydrogens (tertiary/aromatic N) is 3. The Morgan fingerprint density at radius 3 is 2.61 bits per heavy atom. The van der Waals surface area contributed by atoms with Crippen LogP contribution >= 0.6 is 11.8 Å². The van der Waals surface area contributed by atoms with Gasteiger partial charge in [0.15, 0.2) is 5.16 Å². The maximum absolute atomic E-state index is 13.1. The molecule has 1 heterocycles. The number of imidazole rings is 1. The van der Waals surface area contributed by atoms with Crippen molar-refractivity contribution in [3.63, 3.8) is 0 Å². The van der Waals surface area contributed by atoms with Crippen LogP contribution in [0.3, 0.4) is 0 Å². The first-order chi connectivity index (χ1) is 11.0. The summed E-state index contributed by atoms with van der Waals surface area (Å²) in [6.07, 6.45) is 3.48. The molecular weight excluding hydrogens is 319 g/mol. The topological polar surface area (TPSA) is 81.2 Å². The fourth-order valence-electron chi connectivity index (χ4n) is 1.94. The first-order valence-electron chi connectivity index (χ1n) is 6.91. The van der Waals surface area contributed by atoms with Crippen molar-refractivity contribution in [3.8, 4) is 0 Å². The van der Waals surface area contributed by atoms with Gasteiger partial charge in [0.2, 0.25) is 11.8 Å². The first kappa shape index (κ1) is 17.0. The standard InChI is InChI=1S/C15H17FN4O2S/c1-19-9-7-18-15(19)23-10-14(22)20(8-6-13(17)21)12-4-2-11(16)3-5-12/h2-5,7,9H,6,8,10H2,1H3,(H2,17,21). The third-order valence-electron chi connectivity index (χ3n) is 3.12. The lowest BCUT2D eigenvalue weighted by atomic mass is 10.2. The summed E-state index contributed by atoms with van der Waals surface area (Å²) in [4.78, 5) is 29.0. The Kier molecular flexibility index (Phi) is 5.75. The van der Waals surface area contributed by atoms with Crippen LogP contribution in [0.15, 0.2) is 41.8 Å². The van der Waals surface area contributed by atoms with E-state index in [-0.39, 0.29) is 24.6 Å². The molecule has 2 aromatic rings. The summed E-state index contributed by atoms with van der Waals surface area (Å²) in [5, 5.41) is 0.715. The number of thioether (sulfide) groups is 1. The van der Waals surface area contributed by atoms with Gasteiger partial charge in [-0.15, -0.1) is 0 Å². The molecule has 8 heteroatoms. The predicted octanol–water partition coefficient (Wildman–Crippen LogP) is 1.56. The first-order valence-corrected chi connectivity index (χ1v) is 7.90. The number of carbonyl (C=O) groups is 2. The van der Waals surface area contributed by atoms with Crippen LogP contribution in [0, 0.1) is 5.82 Å². The van der Waals surface area contributed by atoms with E-state index in [9.17, 15) is 14.0 Å². The molecule has 1 aromatic carbocycles. The number of benzene rings is 1. The molecule has 2 amide bonds. The maximum Gasteiger partial charge on any atom is 0.237 e. The van der Waals surface area contributed by atoms with E-state index in [1.807, 2.05) is 11.6 Å². The smallest absolute Gasteiger partial charge is 0.237 e. The minimum absolute atomic E-state index is 0.0379. The molecule has 0 aliphatic carbocycles. The van der Waals surface area contributed by atoms with E-state index < -0.39 is 11.7 Å². The van der Waals surface area contributed by atoms with Gasteiger partial charge >= 0.3 is 0 Å². The summed E-state index contributed by atoms with van der Waals surface area (Å²) < 4.78 is 14.9. The van der Waals surface area contributed by atoms with Crippen molar-refractivity contribution in [2.45, 2.75) is 11.6 Å². The van der Waals surface area contributed by atoms with Gasteiger partial charge < -0.3 is 15.2 Å². The van der Waals surface area contributed by atoms with Crippen LogP contribution in [0.5, 0.6) is 0 Å². The molecule has 0 saturated carbocycles. The van der Waals surface area contributed by atoms with Gasteiger partial charge in [0.25, 0.3) is 0 Å². The molecule has 0 unspecified atom stereocenters. The van der Waals surface area contributed by atoms with Crippen molar-refractivity contribution < 1.29 is 14.0 Å². The summed E-state index contributed by atoms with van der Waals surface area (Å²) in [6, 6.07) is 5.54. The number of hydrogen-bond donors (Lipinski definition) is 1. The van der Waals surface area contributed by atoms with Crippen molar-refractivity contribution in [2.24, 2.45) is 12.8 Å². The van der Waals surface area contributed by atoms with Crippen molar-refractivity contribution in [1.29, 1.82) is 0 Å². The van der Waals surface area contributed by atoms with Crippen LogP contribution in [-0.4, -0.2) is 33.7 Å². The molecule has 0 fully saturated rings. The molecule has 2 N–H and O–H groups in total. The quantitative estimate of drug-likeness (QED) is 0.778. The van der Waals surface area contributed by atoms with E-state index >= 15 is 0 Å². The minimum Gasteiger partial charge on any atom is -0.370 e. The van der Waals surface area contributed by atoms with Crippen LogP contribution in [0.1, 0.15) is 6.42 Å². The van der Waals surface area contributed by atoms with Gasteiger partial charge in [-0.2, -0.15) is 0 Å². The zero-order valence-electron chi connectivity index (χ0n) is 12.6. The lowest BCUT2D eigenvalue weighted by molar-refractivity contribution is -0.118. The number of amides is 2. The molecule has 0 bridgehead atoms. The SMILES string of the molecule is Cn1ccnc1SCC(=O)N(CCC(N)=O)c1ccc(F)cc1. The highest BCUT2D eigenvalue weighted by Crippen LogP contribution is 2.20. The molecule has 0 aliphatic rings. The lowest BCUT2D eigenvalue weighted by Crippen LogP contribution is -2.35. The molecule has 0 radical (unpaired) electrons. The molecule has 1 aromatic heterocycles. The summed E-state index contributed by atoms with van der Waals surface area (Å²) >= 11 is 1.29. The Balaban J connectivity index is 2.08. The van der Waals surface area contributed by atoms with Crippen LogP contribution in [0.25, 0.3) is 0 Å². The van der Waals surface area contributed by atoms with Crippen molar-refractivity contribution in [1.82, 2.24) is 9.55 Å². The highest BCUT2D eigenvalue weighted by atomic mass is 32.2. The number of rotatable bonds is 7. The Hall–Kier alpha value is -2.35. The molecule has 0 aliphatic heterocycles. The Morgan fingerprint density at radius 1 is 1.35 bits per heavy atom. The molecule has 0 spiro atoms. The highest BCUT2D eigenvalue weighted by Gasteiger charge is 2.17. The number of aryl methyl sites for hydroxylation is 1. The van der Waals surface area contributed by atoms with Crippen LogP contribution in [0.4, 0.5) is 10.1 Å². The van der Waals surface area contributed by atoms with Gasteiger partial charge in [-0.05, 0) is 24.3 Å². The molecule has 0 atom stereocenters. The second kappa shape index (κ2) is 7.77. The van der Waals surface area contributed by atoms with Crippen molar-refractivity contribution in [3.05, 3.63) is 42.5 Å². The maximum atomic E-state index is 13.1. The van der Waals surface area contributed by atoms with Gasteiger partial charge in [0.05, 0.1) is 5.75 Å². The van der Waals surface area contributed by atoms with Crippen molar-refractivity contribution in [2.75, 3.05) is 17.2 Å². The van der Waals surface area contributed by atoms with E-state index in [0.717, 1.165) is 0 Å². The largest absolute Gasteiger partial charge is 0.370 e. The molecule has 6 nitrogen and oxygen atoms in total. The average molecular weight is 336 g/mol. The van der Waals surface area contributed by atoms with Gasteiger partial charge in [0.1, 0.15) is 5.82 Å². The number of halogens is 1. The van der Waals surface area contributed by atoms with E-state index in [1.165, 1.54) is 40.9 Å². The number of hydrogen-bond acceptors (Lipinski definition) is 4. The molecule has 2 rings (SSSR count). The fourth-order valence-corrected chi connectivity index (χ4v) is 2.74. The normalized spacial score (nSPS) is 10.5. The van der Waals surface area contributed by atoms with Gasteiger partial charge in [0, 0.05) is 38.1 Å². The van der Waals surface area contributed by atoms with Crippen molar-refractivity contribution >= 4 is 29.3 Å². The Bertz CT molecular complexity index is 687. The zero-order chi connectivity index (χ0) is 16.8. The molecular formula is C15H17FN4O2S. The van der Waals surface area contributed by atoms with Gasteiger partial charge in [-0.3, -0.25) is 9.59 Å². The number of carbonyl (C=O) groups excluding carboxylic acids is 2. The number of primary amides is 1. The minimum atomic E-state index is -0.498. The summed E-state index contributed by atoms with van der Waals surface area (Å²) in [7, 11) is 1.84. The Labute approximate surface area is 137 Å². The summed E-state index contributed by atoms with van der Waals surface area (Å²) in [5.41, 5.74) is 5.68. The fraction of sp³-hybridized carbons (Fsp3) is 0.267. The third kappa shape index (κ3) is 4.82. The van der Waals surface area contributed by atoms with Crippen LogP contribution in [0.2, 0.25) is 0 Å². The summed E-state index contributed by atoms with van der Waals surface area (Å²) in [6.45, 7) is 0.154. The molecule has 23 heavy (non-hydrogen) atoms. The second-order valence-corrected chi connectivity index (χ2v) is 5.79. The average Bonchev–Trinajstić information content (AvgIpc) is 2.92.